The highest BCUT2D eigenvalue weighted by Gasteiger charge is 2.35. The Hall–Kier alpha value is -2.33. The van der Waals surface area contributed by atoms with Crippen molar-refractivity contribution in [2.24, 2.45) is 0 Å². The zero-order chi connectivity index (χ0) is 17.6. The van der Waals surface area contributed by atoms with E-state index in [1.54, 1.807) is 0 Å². The predicted octanol–water partition coefficient (Wildman–Crippen LogP) is 0.454. The highest BCUT2D eigenvalue weighted by molar-refractivity contribution is 7.21. The summed E-state index contributed by atoms with van der Waals surface area (Å²) in [5.74, 6) is 0. The molecule has 0 spiro atoms. The zero-order valence-corrected chi connectivity index (χ0v) is 13.8. The minimum absolute atomic E-state index is 0.149. The standard InChI is InChI=1S/C16H15N3O5S/c20-7-11-10(21)5-13(24-11)19-6-8(14(22)18-16(19)23)15-17-9-3-1-2-4-12(9)25-15/h1-4,6,10-11,13,20-21H,5,7H2,(H,18,22,23)/t10?,11-,13-/m0/s1. The summed E-state index contributed by atoms with van der Waals surface area (Å²) >= 11 is 1.35. The number of aromatic amines is 1. The number of rotatable bonds is 3. The van der Waals surface area contributed by atoms with Crippen molar-refractivity contribution in [2.45, 2.75) is 24.9 Å². The Bertz CT molecular complexity index is 1010. The summed E-state index contributed by atoms with van der Waals surface area (Å²) in [6.45, 7) is -0.347. The lowest BCUT2D eigenvalue weighted by molar-refractivity contribution is -0.0458. The van der Waals surface area contributed by atoms with E-state index in [9.17, 15) is 19.8 Å². The second-order valence-electron chi connectivity index (χ2n) is 5.81. The lowest BCUT2D eigenvalue weighted by Gasteiger charge is -2.14. The number of aliphatic hydroxyl groups is 2. The van der Waals surface area contributed by atoms with Crippen molar-refractivity contribution in [3.63, 3.8) is 0 Å². The van der Waals surface area contributed by atoms with Gasteiger partial charge in [0.2, 0.25) is 0 Å². The molecular weight excluding hydrogens is 346 g/mol. The van der Waals surface area contributed by atoms with E-state index in [0.717, 1.165) is 10.2 Å². The first-order valence-corrected chi connectivity index (χ1v) is 8.54. The topological polar surface area (TPSA) is 117 Å². The fraction of sp³-hybridized carbons (Fsp3) is 0.312. The Kier molecular flexibility index (Phi) is 4.00. The Morgan fingerprint density at radius 1 is 1.36 bits per heavy atom. The van der Waals surface area contributed by atoms with Crippen LogP contribution in [0.2, 0.25) is 0 Å². The van der Waals surface area contributed by atoms with Gasteiger partial charge in [0, 0.05) is 12.6 Å². The number of ether oxygens (including phenoxy) is 1. The van der Waals surface area contributed by atoms with E-state index in [1.807, 2.05) is 24.3 Å². The Balaban J connectivity index is 1.79. The number of H-pyrrole nitrogens is 1. The number of nitrogens with one attached hydrogen (secondary N) is 1. The Labute approximate surface area is 145 Å². The van der Waals surface area contributed by atoms with Gasteiger partial charge in [-0.3, -0.25) is 14.3 Å². The normalized spacial score (nSPS) is 23.4. The van der Waals surface area contributed by atoms with Crippen molar-refractivity contribution < 1.29 is 14.9 Å². The van der Waals surface area contributed by atoms with Gasteiger partial charge in [-0.05, 0) is 12.1 Å². The fourth-order valence-electron chi connectivity index (χ4n) is 2.89. The summed E-state index contributed by atoms with van der Waals surface area (Å²) in [7, 11) is 0. The van der Waals surface area contributed by atoms with Gasteiger partial charge in [-0.1, -0.05) is 12.1 Å². The van der Waals surface area contributed by atoms with E-state index in [4.69, 9.17) is 4.74 Å². The average molecular weight is 361 g/mol. The van der Waals surface area contributed by atoms with E-state index in [1.165, 1.54) is 22.1 Å². The van der Waals surface area contributed by atoms with Crippen molar-refractivity contribution in [3.8, 4) is 10.6 Å². The van der Waals surface area contributed by atoms with Gasteiger partial charge in [0.25, 0.3) is 5.56 Å². The summed E-state index contributed by atoms with van der Waals surface area (Å²) in [4.78, 5) is 31.1. The lowest BCUT2D eigenvalue weighted by Crippen LogP contribution is -2.33. The maximum atomic E-state index is 12.2. The minimum Gasteiger partial charge on any atom is -0.394 e. The summed E-state index contributed by atoms with van der Waals surface area (Å²) in [6.07, 6.45) is -0.842. The van der Waals surface area contributed by atoms with Crippen LogP contribution in [0.4, 0.5) is 0 Å². The molecule has 1 fully saturated rings. The van der Waals surface area contributed by atoms with Crippen molar-refractivity contribution in [1.29, 1.82) is 0 Å². The first kappa shape index (κ1) is 16.2. The molecule has 0 amide bonds. The van der Waals surface area contributed by atoms with E-state index < -0.39 is 29.7 Å². The Morgan fingerprint density at radius 2 is 2.16 bits per heavy atom. The SMILES string of the molecule is O=c1[nH]c(=O)n([C@@H]2CC(O)[C@H](CO)O2)cc1-c1nc2ccccc2s1. The lowest BCUT2D eigenvalue weighted by atomic mass is 10.2. The Morgan fingerprint density at radius 3 is 2.88 bits per heavy atom. The molecule has 1 aliphatic heterocycles. The second-order valence-corrected chi connectivity index (χ2v) is 6.84. The molecule has 3 N–H and O–H groups in total. The average Bonchev–Trinajstić information content (AvgIpc) is 3.18. The molecule has 0 aliphatic carbocycles. The van der Waals surface area contributed by atoms with E-state index in [-0.39, 0.29) is 18.6 Å². The third-order valence-electron chi connectivity index (χ3n) is 4.19. The van der Waals surface area contributed by atoms with E-state index >= 15 is 0 Å². The van der Waals surface area contributed by atoms with Gasteiger partial charge in [-0.2, -0.15) is 0 Å². The van der Waals surface area contributed by atoms with Gasteiger partial charge >= 0.3 is 5.69 Å². The summed E-state index contributed by atoms with van der Waals surface area (Å²) in [5.41, 5.74) is -0.137. The van der Waals surface area contributed by atoms with Crippen molar-refractivity contribution in [1.82, 2.24) is 14.5 Å². The molecule has 9 heteroatoms. The van der Waals surface area contributed by atoms with Crippen molar-refractivity contribution in [3.05, 3.63) is 51.3 Å². The third kappa shape index (κ3) is 2.81. The molecular formula is C16H15N3O5S. The molecule has 0 saturated carbocycles. The number of thiazole rings is 1. The van der Waals surface area contributed by atoms with Crippen LogP contribution in [-0.2, 0) is 4.74 Å². The first-order chi connectivity index (χ1) is 12.1. The number of aromatic nitrogens is 3. The van der Waals surface area contributed by atoms with Crippen molar-refractivity contribution >= 4 is 21.6 Å². The highest BCUT2D eigenvalue weighted by Crippen LogP contribution is 2.30. The van der Waals surface area contributed by atoms with Crippen LogP contribution in [0.25, 0.3) is 20.8 Å². The summed E-state index contributed by atoms with van der Waals surface area (Å²) < 4.78 is 7.66. The molecule has 3 heterocycles. The van der Waals surface area contributed by atoms with Crippen LogP contribution in [0.3, 0.4) is 0 Å². The number of fused-ring (bicyclic) bond motifs is 1. The van der Waals surface area contributed by atoms with E-state index in [0.29, 0.717) is 5.01 Å². The van der Waals surface area contributed by atoms with Crippen LogP contribution >= 0.6 is 11.3 Å². The molecule has 8 nitrogen and oxygen atoms in total. The monoisotopic (exact) mass is 361 g/mol. The maximum absolute atomic E-state index is 12.2. The van der Waals surface area contributed by atoms with Gasteiger partial charge in [0.15, 0.2) is 0 Å². The largest absolute Gasteiger partial charge is 0.394 e. The molecule has 4 rings (SSSR count). The summed E-state index contributed by atoms with van der Waals surface area (Å²) in [6, 6.07) is 7.50. The van der Waals surface area contributed by atoms with Crippen LogP contribution in [0.1, 0.15) is 12.6 Å². The molecule has 1 saturated heterocycles. The molecule has 1 aliphatic rings. The fourth-order valence-corrected chi connectivity index (χ4v) is 3.86. The molecule has 1 unspecified atom stereocenters. The van der Waals surface area contributed by atoms with Gasteiger partial charge in [0.1, 0.15) is 17.3 Å². The second kappa shape index (κ2) is 6.19. The number of benzene rings is 1. The number of aliphatic hydroxyl groups excluding tert-OH is 2. The molecule has 0 radical (unpaired) electrons. The van der Waals surface area contributed by atoms with Gasteiger partial charge in [-0.25, -0.2) is 9.78 Å². The smallest absolute Gasteiger partial charge is 0.330 e. The summed E-state index contributed by atoms with van der Waals surface area (Å²) in [5, 5.41) is 19.5. The van der Waals surface area contributed by atoms with Crippen LogP contribution in [0.5, 0.6) is 0 Å². The van der Waals surface area contributed by atoms with Gasteiger partial charge < -0.3 is 14.9 Å². The van der Waals surface area contributed by atoms with Crippen LogP contribution in [0.15, 0.2) is 40.1 Å². The number of hydrogen-bond donors (Lipinski definition) is 3. The molecule has 2 aromatic heterocycles. The first-order valence-electron chi connectivity index (χ1n) is 7.72. The highest BCUT2D eigenvalue weighted by atomic mass is 32.1. The molecule has 0 bridgehead atoms. The molecule has 3 aromatic rings. The van der Waals surface area contributed by atoms with Gasteiger partial charge in [-0.15, -0.1) is 11.3 Å². The molecule has 130 valence electrons. The number of hydrogen-bond acceptors (Lipinski definition) is 7. The van der Waals surface area contributed by atoms with Crippen LogP contribution < -0.4 is 11.2 Å². The molecule has 3 atom stereocenters. The zero-order valence-electron chi connectivity index (χ0n) is 13.0. The van der Waals surface area contributed by atoms with Gasteiger partial charge in [0.05, 0.1) is 28.5 Å². The predicted molar refractivity (Wildman–Crippen MR) is 91.6 cm³/mol. The maximum Gasteiger partial charge on any atom is 0.330 e. The van der Waals surface area contributed by atoms with Crippen molar-refractivity contribution in [2.75, 3.05) is 6.61 Å². The number of nitrogens with zero attached hydrogens (tertiary/aromatic N) is 2. The molecule has 1 aromatic carbocycles. The minimum atomic E-state index is -0.875. The van der Waals surface area contributed by atoms with E-state index in [2.05, 4.69) is 9.97 Å². The quantitative estimate of drug-likeness (QED) is 0.624. The van der Waals surface area contributed by atoms with Crippen LogP contribution in [0, 0.1) is 0 Å². The number of para-hydroxylation sites is 1. The molecule has 25 heavy (non-hydrogen) atoms. The van der Waals surface area contributed by atoms with Crippen LogP contribution in [-0.4, -0.2) is 43.6 Å². The third-order valence-corrected chi connectivity index (χ3v) is 5.26.